The van der Waals surface area contributed by atoms with E-state index in [-0.39, 0.29) is 0 Å². The Balaban J connectivity index is 2.01. The Morgan fingerprint density at radius 3 is 2.76 bits per heavy atom. The van der Waals surface area contributed by atoms with Crippen LogP contribution in [0.1, 0.15) is 0 Å². The van der Waals surface area contributed by atoms with Crippen molar-refractivity contribution in [3.63, 3.8) is 0 Å². The van der Waals surface area contributed by atoms with Gasteiger partial charge in [0.05, 0.1) is 6.20 Å². The van der Waals surface area contributed by atoms with Gasteiger partial charge in [-0.1, -0.05) is 0 Å². The van der Waals surface area contributed by atoms with Gasteiger partial charge in [0.2, 0.25) is 0 Å². The molecule has 17 heavy (non-hydrogen) atoms. The Labute approximate surface area is 99.7 Å². The highest BCUT2D eigenvalue weighted by Gasteiger charge is 2.18. The average Bonchev–Trinajstić information content (AvgIpc) is 2.77. The first kappa shape index (κ1) is 10.3. The first-order chi connectivity index (χ1) is 8.24. The number of nitrogens with two attached hydrogens (primary N) is 1. The third kappa shape index (κ3) is 1.80. The van der Waals surface area contributed by atoms with E-state index in [0.717, 1.165) is 37.6 Å². The van der Waals surface area contributed by atoms with E-state index >= 15 is 0 Å². The highest BCUT2D eigenvalue weighted by atomic mass is 15.3. The van der Waals surface area contributed by atoms with Crippen LogP contribution in [0.25, 0.3) is 5.65 Å². The molecular formula is C11H16N6. The lowest BCUT2D eigenvalue weighted by Gasteiger charge is -2.33. The Bertz CT molecular complexity index is 526. The second kappa shape index (κ2) is 3.89. The molecule has 2 aromatic rings. The van der Waals surface area contributed by atoms with Crippen LogP contribution >= 0.6 is 0 Å². The van der Waals surface area contributed by atoms with Gasteiger partial charge in [-0.25, -0.2) is 9.97 Å². The van der Waals surface area contributed by atoms with Crippen LogP contribution in [-0.2, 0) is 0 Å². The predicted octanol–water partition coefficient (Wildman–Crippen LogP) is 0.0633. The lowest BCUT2D eigenvalue weighted by Crippen LogP contribution is -2.45. The fourth-order valence-electron chi connectivity index (χ4n) is 2.16. The van der Waals surface area contributed by atoms with Crippen LogP contribution in [0.15, 0.2) is 18.6 Å². The monoisotopic (exact) mass is 232 g/mol. The smallest absolute Gasteiger partial charge is 0.180 e. The van der Waals surface area contributed by atoms with Crippen LogP contribution in [0.3, 0.4) is 0 Å². The molecule has 1 aliphatic heterocycles. The fourth-order valence-corrected chi connectivity index (χ4v) is 2.16. The summed E-state index contributed by atoms with van der Waals surface area (Å²) in [6, 6.07) is 0. The molecule has 2 aromatic heterocycles. The summed E-state index contributed by atoms with van der Waals surface area (Å²) >= 11 is 0. The van der Waals surface area contributed by atoms with Gasteiger partial charge in [0, 0.05) is 38.6 Å². The molecule has 6 nitrogen and oxygen atoms in total. The number of nitrogens with zero attached hydrogens (tertiary/aromatic N) is 5. The van der Waals surface area contributed by atoms with Crippen molar-refractivity contribution < 1.29 is 0 Å². The number of likely N-dealkylation sites (N-methyl/N-ethyl adjacent to an activating group) is 1. The van der Waals surface area contributed by atoms with E-state index in [0.29, 0.717) is 5.82 Å². The second-order valence-electron chi connectivity index (χ2n) is 4.44. The van der Waals surface area contributed by atoms with Gasteiger partial charge in [-0.3, -0.25) is 0 Å². The fraction of sp³-hybridized carbons (Fsp3) is 0.455. The second-order valence-corrected chi connectivity index (χ2v) is 4.44. The highest BCUT2D eigenvalue weighted by molar-refractivity contribution is 5.66. The summed E-state index contributed by atoms with van der Waals surface area (Å²) in [6.45, 7) is 4.03. The lowest BCUT2D eigenvalue weighted by atomic mass is 10.3. The summed E-state index contributed by atoms with van der Waals surface area (Å²) < 4.78 is 1.93. The zero-order valence-electron chi connectivity index (χ0n) is 9.87. The SMILES string of the molecule is CN1CCN(c2nc(N)cn3ccnc23)CC1. The van der Waals surface area contributed by atoms with Crippen molar-refractivity contribution >= 4 is 17.3 Å². The van der Waals surface area contributed by atoms with Crippen LogP contribution in [0.4, 0.5) is 11.6 Å². The van der Waals surface area contributed by atoms with E-state index in [1.165, 1.54) is 0 Å². The maximum Gasteiger partial charge on any atom is 0.180 e. The number of rotatable bonds is 1. The summed E-state index contributed by atoms with van der Waals surface area (Å²) in [5.74, 6) is 1.42. The minimum absolute atomic E-state index is 0.532. The van der Waals surface area contributed by atoms with Gasteiger partial charge < -0.3 is 19.9 Å². The van der Waals surface area contributed by atoms with E-state index in [4.69, 9.17) is 5.73 Å². The van der Waals surface area contributed by atoms with Crippen molar-refractivity contribution in [1.82, 2.24) is 19.3 Å². The van der Waals surface area contributed by atoms with Gasteiger partial charge in [-0.15, -0.1) is 0 Å². The number of imidazole rings is 1. The molecule has 0 aromatic carbocycles. The van der Waals surface area contributed by atoms with Crippen molar-refractivity contribution in [3.8, 4) is 0 Å². The van der Waals surface area contributed by atoms with E-state index in [2.05, 4.69) is 26.8 Å². The lowest BCUT2D eigenvalue weighted by molar-refractivity contribution is 0.312. The van der Waals surface area contributed by atoms with Gasteiger partial charge in [0.15, 0.2) is 11.5 Å². The molecule has 0 amide bonds. The molecule has 3 heterocycles. The van der Waals surface area contributed by atoms with Crippen molar-refractivity contribution in [2.45, 2.75) is 0 Å². The van der Waals surface area contributed by atoms with Crippen molar-refractivity contribution in [3.05, 3.63) is 18.6 Å². The van der Waals surface area contributed by atoms with Gasteiger partial charge in [0.1, 0.15) is 5.82 Å². The summed E-state index contributed by atoms with van der Waals surface area (Å²) in [6.07, 6.45) is 5.46. The maximum atomic E-state index is 5.82. The minimum atomic E-state index is 0.532. The Kier molecular flexibility index (Phi) is 2.36. The maximum absolute atomic E-state index is 5.82. The normalized spacial score (nSPS) is 17.8. The molecule has 2 N–H and O–H groups in total. The van der Waals surface area contributed by atoms with E-state index in [1.54, 1.807) is 12.4 Å². The molecule has 0 spiro atoms. The molecule has 1 fully saturated rings. The van der Waals surface area contributed by atoms with Gasteiger partial charge in [-0.05, 0) is 7.05 Å². The molecule has 0 saturated carbocycles. The standard InChI is InChI=1S/C11H16N6/c1-15-4-6-16(7-5-15)11-10-13-2-3-17(10)8-9(12)14-11/h2-3,8H,4-7,12H2,1H3. The summed E-state index contributed by atoms with van der Waals surface area (Å²) in [7, 11) is 2.13. The number of nitrogen functional groups attached to an aromatic ring is 1. The quantitative estimate of drug-likeness (QED) is 0.753. The molecule has 0 radical (unpaired) electrons. The molecule has 0 bridgehead atoms. The molecule has 0 atom stereocenters. The third-order valence-corrected chi connectivity index (χ3v) is 3.18. The van der Waals surface area contributed by atoms with Gasteiger partial charge in [0.25, 0.3) is 0 Å². The molecule has 90 valence electrons. The zero-order valence-corrected chi connectivity index (χ0v) is 9.87. The van der Waals surface area contributed by atoms with Crippen molar-refractivity contribution in [1.29, 1.82) is 0 Å². The van der Waals surface area contributed by atoms with Crippen LogP contribution in [0.5, 0.6) is 0 Å². The van der Waals surface area contributed by atoms with E-state index in [9.17, 15) is 0 Å². The Hall–Kier alpha value is -1.82. The van der Waals surface area contributed by atoms with Crippen LogP contribution < -0.4 is 10.6 Å². The average molecular weight is 232 g/mol. The number of fused-ring (bicyclic) bond motifs is 1. The predicted molar refractivity (Wildman–Crippen MR) is 67.1 cm³/mol. The number of anilines is 2. The molecule has 3 rings (SSSR count). The van der Waals surface area contributed by atoms with Crippen molar-refractivity contribution in [2.75, 3.05) is 43.9 Å². The number of aromatic nitrogens is 3. The molecule has 0 aliphatic carbocycles. The highest BCUT2D eigenvalue weighted by Crippen LogP contribution is 2.20. The molecular weight excluding hydrogens is 216 g/mol. The zero-order chi connectivity index (χ0) is 11.8. The number of hydrogen-bond acceptors (Lipinski definition) is 5. The first-order valence-corrected chi connectivity index (χ1v) is 5.77. The van der Waals surface area contributed by atoms with Crippen LogP contribution in [0, 0.1) is 0 Å². The molecule has 6 heteroatoms. The van der Waals surface area contributed by atoms with Crippen molar-refractivity contribution in [2.24, 2.45) is 0 Å². The van der Waals surface area contributed by atoms with E-state index < -0.39 is 0 Å². The summed E-state index contributed by atoms with van der Waals surface area (Å²) in [4.78, 5) is 13.3. The first-order valence-electron chi connectivity index (χ1n) is 5.77. The van der Waals surface area contributed by atoms with Gasteiger partial charge in [-0.2, -0.15) is 0 Å². The summed E-state index contributed by atoms with van der Waals surface area (Å²) in [5, 5.41) is 0. The van der Waals surface area contributed by atoms with Gasteiger partial charge >= 0.3 is 0 Å². The largest absolute Gasteiger partial charge is 0.382 e. The summed E-state index contributed by atoms with van der Waals surface area (Å²) in [5.41, 5.74) is 6.70. The topological polar surface area (TPSA) is 62.7 Å². The third-order valence-electron chi connectivity index (χ3n) is 3.18. The minimum Gasteiger partial charge on any atom is -0.382 e. The molecule has 0 unspecified atom stereocenters. The van der Waals surface area contributed by atoms with Crippen LogP contribution in [-0.4, -0.2) is 52.5 Å². The Morgan fingerprint density at radius 1 is 1.24 bits per heavy atom. The van der Waals surface area contributed by atoms with Crippen LogP contribution in [0.2, 0.25) is 0 Å². The molecule has 1 saturated heterocycles. The number of piperazine rings is 1. The number of hydrogen-bond donors (Lipinski definition) is 1. The molecule has 1 aliphatic rings. The van der Waals surface area contributed by atoms with E-state index in [1.807, 2.05) is 10.6 Å². The Morgan fingerprint density at radius 2 is 2.00 bits per heavy atom.